The van der Waals surface area contributed by atoms with Crippen molar-refractivity contribution in [2.75, 3.05) is 13.7 Å². The van der Waals surface area contributed by atoms with Crippen LogP contribution in [0, 0.1) is 0 Å². The second kappa shape index (κ2) is 8.28. The summed E-state index contributed by atoms with van der Waals surface area (Å²) in [5, 5.41) is 0.462. The molecule has 1 aliphatic rings. The molecule has 0 saturated heterocycles. The van der Waals surface area contributed by atoms with E-state index in [1.165, 1.54) is 0 Å². The summed E-state index contributed by atoms with van der Waals surface area (Å²) in [5.74, 6) is 0.658. The highest BCUT2D eigenvalue weighted by Gasteiger charge is 2.42. The highest BCUT2D eigenvalue weighted by molar-refractivity contribution is 9.10. The zero-order valence-corrected chi connectivity index (χ0v) is 19.0. The van der Waals surface area contributed by atoms with Crippen LogP contribution >= 0.6 is 15.9 Å². The molecule has 0 spiro atoms. The van der Waals surface area contributed by atoms with Gasteiger partial charge in [-0.2, -0.15) is 0 Å². The number of benzene rings is 3. The van der Waals surface area contributed by atoms with Gasteiger partial charge in [0.15, 0.2) is 5.43 Å². The van der Waals surface area contributed by atoms with Crippen LogP contribution in [0.5, 0.6) is 5.75 Å². The second-order valence-corrected chi connectivity index (χ2v) is 8.64. The first-order valence-electron chi connectivity index (χ1n) is 10.3. The fraction of sp³-hybridized carbons (Fsp3) is 0.154. The van der Waals surface area contributed by atoms with Crippen molar-refractivity contribution in [2.24, 2.45) is 0 Å². The van der Waals surface area contributed by atoms with Crippen molar-refractivity contribution in [3.05, 3.63) is 110 Å². The van der Waals surface area contributed by atoms with E-state index in [1.807, 2.05) is 54.6 Å². The van der Waals surface area contributed by atoms with Gasteiger partial charge in [0.2, 0.25) is 5.76 Å². The minimum atomic E-state index is -0.489. The summed E-state index contributed by atoms with van der Waals surface area (Å²) in [4.78, 5) is 28.7. The molecular formula is C26H20BrNO4. The highest BCUT2D eigenvalue weighted by Crippen LogP contribution is 2.38. The third-order valence-electron chi connectivity index (χ3n) is 5.84. The lowest BCUT2D eigenvalue weighted by molar-refractivity contribution is 0.0730. The van der Waals surface area contributed by atoms with E-state index in [0.29, 0.717) is 29.5 Å². The fourth-order valence-electron chi connectivity index (χ4n) is 4.25. The number of fused-ring (bicyclic) bond motifs is 2. The Morgan fingerprint density at radius 1 is 1.00 bits per heavy atom. The van der Waals surface area contributed by atoms with Crippen LogP contribution in [0.3, 0.4) is 0 Å². The molecular weight excluding hydrogens is 470 g/mol. The molecule has 1 unspecified atom stereocenters. The number of rotatable bonds is 5. The Hall–Kier alpha value is -3.38. The molecule has 5 rings (SSSR count). The zero-order chi connectivity index (χ0) is 22.2. The second-order valence-electron chi connectivity index (χ2n) is 7.72. The lowest BCUT2D eigenvalue weighted by Gasteiger charge is -2.25. The number of ether oxygens (including phenoxy) is 1. The average molecular weight is 490 g/mol. The molecule has 0 radical (unpaired) electrons. The van der Waals surface area contributed by atoms with Crippen LogP contribution in [0.15, 0.2) is 86.5 Å². The Kier molecular flexibility index (Phi) is 5.31. The molecule has 0 saturated carbocycles. The molecule has 6 heteroatoms. The molecule has 3 aromatic carbocycles. The summed E-state index contributed by atoms with van der Waals surface area (Å²) >= 11 is 3.43. The Bertz CT molecular complexity index is 1360. The smallest absolute Gasteiger partial charge is 0.290 e. The Morgan fingerprint density at radius 2 is 1.75 bits per heavy atom. The monoisotopic (exact) mass is 489 g/mol. The maximum Gasteiger partial charge on any atom is 0.290 e. The molecule has 5 nitrogen and oxygen atoms in total. The standard InChI is InChI=1S/C26H20BrNO4/c1-31-19-10-7-16(8-11-19)13-14-28-23(17-5-3-2-4-6-17)22-24(29)20-15-18(27)9-12-21(20)32-25(22)26(28)30/h2-12,15,23H,13-14H2,1H3. The Labute approximate surface area is 193 Å². The number of carbonyl (C=O) groups excluding carboxylic acids is 1. The number of amides is 1. The zero-order valence-electron chi connectivity index (χ0n) is 17.4. The molecule has 160 valence electrons. The van der Waals surface area contributed by atoms with Gasteiger partial charge in [-0.15, -0.1) is 0 Å². The molecule has 0 bridgehead atoms. The number of halogens is 1. The summed E-state index contributed by atoms with van der Waals surface area (Å²) < 4.78 is 12.0. The van der Waals surface area contributed by atoms with Crippen LogP contribution in [0.1, 0.15) is 33.3 Å². The summed E-state index contributed by atoms with van der Waals surface area (Å²) in [7, 11) is 1.63. The van der Waals surface area contributed by atoms with Crippen molar-refractivity contribution in [1.82, 2.24) is 4.90 Å². The molecule has 0 aliphatic carbocycles. The first kappa shape index (κ1) is 20.5. The molecule has 4 aromatic rings. The summed E-state index contributed by atoms with van der Waals surface area (Å²) in [5.41, 5.74) is 2.61. The predicted octanol–water partition coefficient (Wildman–Crippen LogP) is 5.35. The number of hydrogen-bond acceptors (Lipinski definition) is 4. The Balaban J connectivity index is 1.59. The van der Waals surface area contributed by atoms with Crippen molar-refractivity contribution < 1.29 is 13.9 Å². The van der Waals surface area contributed by atoms with E-state index in [4.69, 9.17) is 9.15 Å². The van der Waals surface area contributed by atoms with Gasteiger partial charge in [0.05, 0.1) is 24.1 Å². The van der Waals surface area contributed by atoms with Gasteiger partial charge in [-0.05, 0) is 47.9 Å². The lowest BCUT2D eigenvalue weighted by Crippen LogP contribution is -2.31. The van der Waals surface area contributed by atoms with E-state index in [2.05, 4.69) is 15.9 Å². The van der Waals surface area contributed by atoms with E-state index in [9.17, 15) is 9.59 Å². The van der Waals surface area contributed by atoms with Gasteiger partial charge in [-0.3, -0.25) is 9.59 Å². The van der Waals surface area contributed by atoms with Crippen molar-refractivity contribution >= 4 is 32.8 Å². The fourth-order valence-corrected chi connectivity index (χ4v) is 4.61. The third-order valence-corrected chi connectivity index (χ3v) is 6.34. The molecule has 1 aromatic heterocycles. The number of nitrogens with zero attached hydrogens (tertiary/aromatic N) is 1. The summed E-state index contributed by atoms with van der Waals surface area (Å²) in [6, 6.07) is 22.2. The van der Waals surface area contributed by atoms with E-state index >= 15 is 0 Å². The van der Waals surface area contributed by atoms with Crippen molar-refractivity contribution in [1.29, 1.82) is 0 Å². The largest absolute Gasteiger partial charge is 0.497 e. The summed E-state index contributed by atoms with van der Waals surface area (Å²) in [6.45, 7) is 0.453. The first-order chi connectivity index (χ1) is 15.6. The van der Waals surface area contributed by atoms with Gasteiger partial charge in [0.25, 0.3) is 5.91 Å². The average Bonchev–Trinajstić information content (AvgIpc) is 3.11. The topological polar surface area (TPSA) is 59.8 Å². The maximum absolute atomic E-state index is 13.5. The van der Waals surface area contributed by atoms with Crippen LogP contribution < -0.4 is 10.2 Å². The normalized spacial score (nSPS) is 15.2. The number of methoxy groups -OCH3 is 1. The van der Waals surface area contributed by atoms with Crippen molar-refractivity contribution in [3.63, 3.8) is 0 Å². The van der Waals surface area contributed by atoms with Crippen molar-refractivity contribution in [3.8, 4) is 5.75 Å². The first-order valence-corrected chi connectivity index (χ1v) is 11.1. The van der Waals surface area contributed by atoms with Gasteiger partial charge >= 0.3 is 0 Å². The SMILES string of the molecule is COc1ccc(CCN2C(=O)c3oc4ccc(Br)cc4c(=O)c3C2c2ccccc2)cc1. The van der Waals surface area contributed by atoms with Crippen LogP contribution in [-0.2, 0) is 6.42 Å². The van der Waals surface area contributed by atoms with E-state index < -0.39 is 6.04 Å². The predicted molar refractivity (Wildman–Crippen MR) is 126 cm³/mol. The van der Waals surface area contributed by atoms with E-state index in [-0.39, 0.29) is 17.1 Å². The highest BCUT2D eigenvalue weighted by atomic mass is 79.9. The van der Waals surface area contributed by atoms with Gasteiger partial charge in [-0.1, -0.05) is 58.4 Å². The number of hydrogen-bond donors (Lipinski definition) is 0. The van der Waals surface area contributed by atoms with Crippen LogP contribution in [0.25, 0.3) is 11.0 Å². The van der Waals surface area contributed by atoms with Crippen LogP contribution in [-0.4, -0.2) is 24.5 Å². The third kappa shape index (κ3) is 3.50. The number of carbonyl (C=O) groups is 1. The van der Waals surface area contributed by atoms with E-state index in [1.54, 1.807) is 30.2 Å². The van der Waals surface area contributed by atoms with Gasteiger partial charge in [-0.25, -0.2) is 0 Å². The molecule has 32 heavy (non-hydrogen) atoms. The quantitative estimate of drug-likeness (QED) is 0.379. The molecule has 0 N–H and O–H groups in total. The molecule has 1 aliphatic heterocycles. The minimum absolute atomic E-state index is 0.133. The van der Waals surface area contributed by atoms with Gasteiger partial charge in [0.1, 0.15) is 11.3 Å². The van der Waals surface area contributed by atoms with Gasteiger partial charge in [0, 0.05) is 11.0 Å². The Morgan fingerprint density at radius 3 is 2.47 bits per heavy atom. The van der Waals surface area contributed by atoms with Gasteiger partial charge < -0.3 is 14.1 Å². The van der Waals surface area contributed by atoms with Crippen LogP contribution in [0.2, 0.25) is 0 Å². The summed E-state index contributed by atoms with van der Waals surface area (Å²) in [6.07, 6.45) is 0.645. The molecule has 1 atom stereocenters. The maximum atomic E-state index is 13.5. The molecule has 2 heterocycles. The molecule has 1 amide bonds. The van der Waals surface area contributed by atoms with E-state index in [0.717, 1.165) is 21.3 Å². The molecule has 0 fully saturated rings. The minimum Gasteiger partial charge on any atom is -0.497 e. The van der Waals surface area contributed by atoms with Crippen LogP contribution in [0.4, 0.5) is 0 Å². The lowest BCUT2D eigenvalue weighted by atomic mass is 9.98. The van der Waals surface area contributed by atoms with Crippen molar-refractivity contribution in [2.45, 2.75) is 12.5 Å².